The van der Waals surface area contributed by atoms with Crippen LogP contribution in [0.3, 0.4) is 0 Å². The van der Waals surface area contributed by atoms with Gasteiger partial charge in [0, 0.05) is 13.1 Å². The van der Waals surface area contributed by atoms with Crippen molar-refractivity contribution in [2.75, 3.05) is 26.2 Å². The highest BCUT2D eigenvalue weighted by Crippen LogP contribution is 2.21. The van der Waals surface area contributed by atoms with Crippen molar-refractivity contribution in [3.05, 3.63) is 17.8 Å². The van der Waals surface area contributed by atoms with Gasteiger partial charge in [-0.2, -0.15) is 0 Å². The lowest BCUT2D eigenvalue weighted by molar-refractivity contribution is 0.0941. The lowest BCUT2D eigenvalue weighted by Gasteiger charge is -2.26. The number of hydrogen-bond donors (Lipinski definition) is 2. The number of piperidine rings is 1. The topological polar surface area (TPSA) is 84.4 Å². The molecule has 2 unspecified atom stereocenters. The zero-order chi connectivity index (χ0) is 15.9. The van der Waals surface area contributed by atoms with Crippen LogP contribution in [-0.2, 0) is 0 Å². The van der Waals surface area contributed by atoms with Crippen molar-refractivity contribution in [2.24, 2.45) is 11.7 Å². The van der Waals surface area contributed by atoms with Crippen molar-refractivity contribution in [1.82, 2.24) is 15.2 Å². The molecule has 1 aliphatic rings. The predicted octanol–water partition coefficient (Wildman–Crippen LogP) is 1.94. The second-order valence-electron chi connectivity index (χ2n) is 6.14. The van der Waals surface area contributed by atoms with Gasteiger partial charge in [-0.05, 0) is 31.8 Å². The monoisotopic (exact) mass is 308 g/mol. The van der Waals surface area contributed by atoms with Crippen molar-refractivity contribution in [3.8, 4) is 0 Å². The van der Waals surface area contributed by atoms with Crippen molar-refractivity contribution in [3.63, 3.8) is 0 Å². The Balaban J connectivity index is 1.78. The lowest BCUT2D eigenvalue weighted by Crippen LogP contribution is -2.37. The molecule has 1 aromatic heterocycles. The van der Waals surface area contributed by atoms with Crippen LogP contribution < -0.4 is 11.1 Å². The van der Waals surface area contributed by atoms with Gasteiger partial charge in [-0.3, -0.25) is 4.79 Å². The molecule has 0 bridgehead atoms. The second-order valence-corrected chi connectivity index (χ2v) is 6.14. The van der Waals surface area contributed by atoms with E-state index in [2.05, 4.69) is 22.1 Å². The third-order valence-corrected chi connectivity index (χ3v) is 4.46. The SMILES string of the molecule is CCC(C)C(N)c1nc(C(=O)NCCN2CCCCC2)co1. The molecular formula is C16H28N4O2. The highest BCUT2D eigenvalue weighted by Gasteiger charge is 2.21. The molecule has 2 rings (SSSR count). The summed E-state index contributed by atoms with van der Waals surface area (Å²) in [6, 6.07) is -0.264. The molecule has 1 saturated heterocycles. The minimum atomic E-state index is -0.264. The van der Waals surface area contributed by atoms with E-state index >= 15 is 0 Å². The molecule has 0 aromatic carbocycles. The van der Waals surface area contributed by atoms with Gasteiger partial charge in [0.05, 0.1) is 6.04 Å². The standard InChI is InChI=1S/C16H28N4O2/c1-3-12(2)14(17)16-19-13(11-22-16)15(21)18-7-10-20-8-5-4-6-9-20/h11-12,14H,3-10,17H2,1-2H3,(H,18,21). The first-order valence-electron chi connectivity index (χ1n) is 8.33. The third kappa shape index (κ3) is 4.55. The van der Waals surface area contributed by atoms with E-state index in [1.807, 2.05) is 6.92 Å². The van der Waals surface area contributed by atoms with Gasteiger partial charge in [-0.1, -0.05) is 26.7 Å². The van der Waals surface area contributed by atoms with Gasteiger partial charge in [0.2, 0.25) is 5.89 Å². The summed E-state index contributed by atoms with van der Waals surface area (Å²) in [5, 5.41) is 2.90. The van der Waals surface area contributed by atoms with Gasteiger partial charge in [-0.25, -0.2) is 4.98 Å². The maximum atomic E-state index is 12.1. The van der Waals surface area contributed by atoms with E-state index in [0.717, 1.165) is 26.1 Å². The van der Waals surface area contributed by atoms with Crippen LogP contribution in [0.5, 0.6) is 0 Å². The van der Waals surface area contributed by atoms with Crippen LogP contribution in [0.15, 0.2) is 10.7 Å². The molecule has 22 heavy (non-hydrogen) atoms. The molecule has 0 radical (unpaired) electrons. The molecule has 3 N–H and O–H groups in total. The summed E-state index contributed by atoms with van der Waals surface area (Å²) in [4.78, 5) is 18.7. The summed E-state index contributed by atoms with van der Waals surface area (Å²) in [7, 11) is 0. The molecule has 1 amide bonds. The van der Waals surface area contributed by atoms with E-state index in [1.165, 1.54) is 25.5 Å². The molecule has 124 valence electrons. The molecule has 6 heteroatoms. The Labute approximate surface area is 132 Å². The van der Waals surface area contributed by atoms with Gasteiger partial charge in [-0.15, -0.1) is 0 Å². The highest BCUT2D eigenvalue weighted by molar-refractivity contribution is 5.91. The Bertz CT molecular complexity index is 468. The average molecular weight is 308 g/mol. The number of rotatable bonds is 7. The summed E-state index contributed by atoms with van der Waals surface area (Å²) in [6.45, 7) is 7.91. The van der Waals surface area contributed by atoms with Crippen LogP contribution >= 0.6 is 0 Å². The predicted molar refractivity (Wildman–Crippen MR) is 85.5 cm³/mol. The smallest absolute Gasteiger partial charge is 0.273 e. The number of hydrogen-bond acceptors (Lipinski definition) is 5. The molecular weight excluding hydrogens is 280 g/mol. The molecule has 0 aliphatic carbocycles. The Kier molecular flexibility index (Phi) is 6.39. The summed E-state index contributed by atoms with van der Waals surface area (Å²) >= 11 is 0. The average Bonchev–Trinajstić information content (AvgIpc) is 3.04. The van der Waals surface area contributed by atoms with Crippen molar-refractivity contribution < 1.29 is 9.21 Å². The van der Waals surface area contributed by atoms with Crippen molar-refractivity contribution in [1.29, 1.82) is 0 Å². The normalized spacial score (nSPS) is 18.9. The quantitative estimate of drug-likeness (QED) is 0.804. The fourth-order valence-corrected chi connectivity index (χ4v) is 2.64. The zero-order valence-electron chi connectivity index (χ0n) is 13.7. The Morgan fingerprint density at radius 1 is 1.45 bits per heavy atom. The number of oxazole rings is 1. The van der Waals surface area contributed by atoms with Gasteiger partial charge in [0.1, 0.15) is 6.26 Å². The minimum absolute atomic E-state index is 0.191. The molecule has 0 saturated carbocycles. The Morgan fingerprint density at radius 2 is 2.18 bits per heavy atom. The van der Waals surface area contributed by atoms with Gasteiger partial charge in [0.25, 0.3) is 5.91 Å². The summed E-state index contributed by atoms with van der Waals surface area (Å²) in [6.07, 6.45) is 6.18. The maximum absolute atomic E-state index is 12.1. The second kappa shape index (κ2) is 8.29. The molecule has 2 atom stereocenters. The summed E-state index contributed by atoms with van der Waals surface area (Å²) in [5.41, 5.74) is 6.38. The highest BCUT2D eigenvalue weighted by atomic mass is 16.3. The number of aromatic nitrogens is 1. The van der Waals surface area contributed by atoms with Crippen LogP contribution in [0, 0.1) is 5.92 Å². The molecule has 2 heterocycles. The largest absolute Gasteiger partial charge is 0.446 e. The summed E-state index contributed by atoms with van der Waals surface area (Å²) in [5.74, 6) is 0.521. The Hall–Kier alpha value is -1.40. The van der Waals surface area contributed by atoms with E-state index in [4.69, 9.17) is 10.2 Å². The van der Waals surface area contributed by atoms with Crippen LogP contribution in [-0.4, -0.2) is 42.0 Å². The van der Waals surface area contributed by atoms with Crippen LogP contribution in [0.4, 0.5) is 0 Å². The molecule has 0 spiro atoms. The van der Waals surface area contributed by atoms with Gasteiger partial charge < -0.3 is 20.4 Å². The van der Waals surface area contributed by atoms with Crippen molar-refractivity contribution >= 4 is 5.91 Å². The number of carbonyl (C=O) groups excluding carboxylic acids is 1. The fourth-order valence-electron chi connectivity index (χ4n) is 2.64. The molecule has 1 aliphatic heterocycles. The molecule has 1 fully saturated rings. The number of likely N-dealkylation sites (tertiary alicyclic amines) is 1. The fraction of sp³-hybridized carbons (Fsp3) is 0.750. The van der Waals surface area contributed by atoms with E-state index in [-0.39, 0.29) is 17.9 Å². The van der Waals surface area contributed by atoms with E-state index in [0.29, 0.717) is 18.1 Å². The maximum Gasteiger partial charge on any atom is 0.273 e. The number of nitrogens with two attached hydrogens (primary N) is 1. The first-order valence-corrected chi connectivity index (χ1v) is 8.33. The first-order chi connectivity index (χ1) is 10.6. The molecule has 1 aromatic rings. The van der Waals surface area contributed by atoms with E-state index in [1.54, 1.807) is 0 Å². The molecule has 6 nitrogen and oxygen atoms in total. The Morgan fingerprint density at radius 3 is 2.86 bits per heavy atom. The number of nitrogens with one attached hydrogen (secondary N) is 1. The van der Waals surface area contributed by atoms with Crippen LogP contribution in [0.2, 0.25) is 0 Å². The number of nitrogens with zero attached hydrogens (tertiary/aromatic N) is 2. The van der Waals surface area contributed by atoms with E-state index in [9.17, 15) is 4.79 Å². The number of amides is 1. The summed E-state index contributed by atoms with van der Waals surface area (Å²) < 4.78 is 5.36. The van der Waals surface area contributed by atoms with Crippen LogP contribution in [0.25, 0.3) is 0 Å². The lowest BCUT2D eigenvalue weighted by atomic mass is 10.0. The van der Waals surface area contributed by atoms with Crippen LogP contribution in [0.1, 0.15) is 62.0 Å². The van der Waals surface area contributed by atoms with Crippen molar-refractivity contribution in [2.45, 2.75) is 45.6 Å². The third-order valence-electron chi connectivity index (χ3n) is 4.46. The van der Waals surface area contributed by atoms with E-state index < -0.39 is 0 Å². The minimum Gasteiger partial charge on any atom is -0.446 e. The van der Waals surface area contributed by atoms with Gasteiger partial charge in [0.15, 0.2) is 5.69 Å². The van der Waals surface area contributed by atoms with Gasteiger partial charge >= 0.3 is 0 Å². The number of carbonyl (C=O) groups is 1. The zero-order valence-corrected chi connectivity index (χ0v) is 13.7. The first kappa shape index (κ1) is 17.0.